The number of nitrogens with zero attached hydrogens (tertiary/aromatic N) is 1. The number of aliphatic imine (C=N–C) groups is 1. The van der Waals surface area contributed by atoms with Gasteiger partial charge in [-0.3, -0.25) is 9.79 Å². The molecule has 1 amide bonds. The Kier molecular flexibility index (Phi) is 6.25. The van der Waals surface area contributed by atoms with Crippen molar-refractivity contribution in [1.82, 2.24) is 16.0 Å². The SMILES string of the molecule is CCNC(=NCCCNC(=O)c1ccccc1)NC1CC1C. The van der Waals surface area contributed by atoms with E-state index in [0.717, 1.165) is 24.8 Å². The summed E-state index contributed by atoms with van der Waals surface area (Å²) >= 11 is 0. The van der Waals surface area contributed by atoms with Crippen molar-refractivity contribution in [3.63, 3.8) is 0 Å². The summed E-state index contributed by atoms with van der Waals surface area (Å²) in [7, 11) is 0. The predicted molar refractivity (Wildman–Crippen MR) is 90.1 cm³/mol. The molecule has 1 saturated carbocycles. The van der Waals surface area contributed by atoms with Crippen LogP contribution < -0.4 is 16.0 Å². The first kappa shape index (κ1) is 16.3. The molecule has 1 aromatic carbocycles. The highest BCUT2D eigenvalue weighted by Gasteiger charge is 2.33. The summed E-state index contributed by atoms with van der Waals surface area (Å²) in [6.07, 6.45) is 2.05. The standard InChI is InChI=1S/C17H26N4O/c1-3-18-17(21-15-12-13(15)2)20-11-7-10-19-16(22)14-8-5-4-6-9-14/h4-6,8-9,13,15H,3,7,10-12H2,1-2H3,(H,19,22)(H2,18,20,21). The molecule has 3 N–H and O–H groups in total. The van der Waals surface area contributed by atoms with Gasteiger partial charge >= 0.3 is 0 Å². The average molecular weight is 302 g/mol. The van der Waals surface area contributed by atoms with E-state index in [0.29, 0.717) is 24.7 Å². The zero-order chi connectivity index (χ0) is 15.8. The first-order valence-corrected chi connectivity index (χ1v) is 8.08. The fourth-order valence-corrected chi connectivity index (χ4v) is 2.18. The molecule has 2 atom stereocenters. The van der Waals surface area contributed by atoms with Gasteiger partial charge in [0, 0.05) is 31.2 Å². The molecule has 5 heteroatoms. The Morgan fingerprint density at radius 1 is 1.27 bits per heavy atom. The second kappa shape index (κ2) is 8.41. The van der Waals surface area contributed by atoms with Gasteiger partial charge in [0.15, 0.2) is 5.96 Å². The molecule has 0 bridgehead atoms. The lowest BCUT2D eigenvalue weighted by atomic mass is 10.2. The highest BCUT2D eigenvalue weighted by Crippen LogP contribution is 2.28. The van der Waals surface area contributed by atoms with Gasteiger partial charge in [0.2, 0.25) is 0 Å². The molecule has 120 valence electrons. The van der Waals surface area contributed by atoms with E-state index in [1.54, 1.807) is 0 Å². The molecule has 0 saturated heterocycles. The summed E-state index contributed by atoms with van der Waals surface area (Å²) in [6, 6.07) is 9.84. The summed E-state index contributed by atoms with van der Waals surface area (Å²) in [5.41, 5.74) is 0.698. The number of nitrogens with one attached hydrogen (secondary N) is 3. The van der Waals surface area contributed by atoms with Gasteiger partial charge in [-0.15, -0.1) is 0 Å². The van der Waals surface area contributed by atoms with Gasteiger partial charge in [-0.25, -0.2) is 0 Å². The Hall–Kier alpha value is -2.04. The van der Waals surface area contributed by atoms with E-state index in [4.69, 9.17) is 0 Å². The van der Waals surface area contributed by atoms with Gasteiger partial charge in [-0.2, -0.15) is 0 Å². The van der Waals surface area contributed by atoms with Crippen molar-refractivity contribution in [3.05, 3.63) is 35.9 Å². The highest BCUT2D eigenvalue weighted by molar-refractivity contribution is 5.94. The highest BCUT2D eigenvalue weighted by atomic mass is 16.1. The van der Waals surface area contributed by atoms with Crippen LogP contribution in [0, 0.1) is 5.92 Å². The Balaban J connectivity index is 1.66. The third-order valence-corrected chi connectivity index (χ3v) is 3.70. The van der Waals surface area contributed by atoms with E-state index in [-0.39, 0.29) is 5.91 Å². The number of hydrogen-bond acceptors (Lipinski definition) is 2. The Morgan fingerprint density at radius 3 is 2.64 bits per heavy atom. The molecule has 0 heterocycles. The fraction of sp³-hybridized carbons (Fsp3) is 0.529. The number of carbonyl (C=O) groups excluding carboxylic acids is 1. The molecule has 2 unspecified atom stereocenters. The molecule has 5 nitrogen and oxygen atoms in total. The average Bonchev–Trinajstić information content (AvgIpc) is 3.22. The van der Waals surface area contributed by atoms with Crippen LogP contribution in [0.2, 0.25) is 0 Å². The van der Waals surface area contributed by atoms with E-state index < -0.39 is 0 Å². The fourth-order valence-electron chi connectivity index (χ4n) is 2.18. The Morgan fingerprint density at radius 2 is 2.00 bits per heavy atom. The van der Waals surface area contributed by atoms with Crippen LogP contribution in [0.5, 0.6) is 0 Å². The Bertz CT molecular complexity index is 501. The maximum absolute atomic E-state index is 11.9. The molecule has 1 aliphatic carbocycles. The summed E-state index contributed by atoms with van der Waals surface area (Å²) in [6.45, 7) is 6.49. The van der Waals surface area contributed by atoms with E-state index in [9.17, 15) is 4.79 Å². The van der Waals surface area contributed by atoms with Crippen LogP contribution in [0.1, 0.15) is 37.0 Å². The molecule has 2 rings (SSSR count). The summed E-state index contributed by atoms with van der Waals surface area (Å²) in [4.78, 5) is 16.4. The minimum atomic E-state index is -0.0265. The van der Waals surface area contributed by atoms with Gasteiger partial charge in [-0.05, 0) is 37.8 Å². The summed E-state index contributed by atoms with van der Waals surface area (Å²) < 4.78 is 0. The van der Waals surface area contributed by atoms with E-state index >= 15 is 0 Å². The van der Waals surface area contributed by atoms with Crippen molar-refractivity contribution in [2.24, 2.45) is 10.9 Å². The number of guanidine groups is 1. The van der Waals surface area contributed by atoms with Crippen molar-refractivity contribution in [2.75, 3.05) is 19.6 Å². The molecule has 0 aliphatic heterocycles. The van der Waals surface area contributed by atoms with E-state index in [1.165, 1.54) is 6.42 Å². The molecule has 0 aromatic heterocycles. The lowest BCUT2D eigenvalue weighted by Crippen LogP contribution is -2.39. The van der Waals surface area contributed by atoms with E-state index in [1.807, 2.05) is 30.3 Å². The molecular formula is C17H26N4O. The first-order chi connectivity index (χ1) is 10.7. The minimum Gasteiger partial charge on any atom is -0.357 e. The number of amides is 1. The molecule has 0 radical (unpaired) electrons. The minimum absolute atomic E-state index is 0.0265. The largest absolute Gasteiger partial charge is 0.357 e. The second-order valence-electron chi connectivity index (χ2n) is 5.70. The van der Waals surface area contributed by atoms with Crippen LogP contribution in [0.3, 0.4) is 0 Å². The molecule has 0 spiro atoms. The lowest BCUT2D eigenvalue weighted by Gasteiger charge is -2.10. The second-order valence-corrected chi connectivity index (χ2v) is 5.70. The molecule has 22 heavy (non-hydrogen) atoms. The zero-order valence-corrected chi connectivity index (χ0v) is 13.4. The van der Waals surface area contributed by atoms with Crippen molar-refractivity contribution in [3.8, 4) is 0 Å². The Labute approximate surface area is 132 Å². The van der Waals surface area contributed by atoms with Crippen molar-refractivity contribution in [1.29, 1.82) is 0 Å². The maximum atomic E-state index is 11.9. The van der Waals surface area contributed by atoms with Crippen molar-refractivity contribution >= 4 is 11.9 Å². The van der Waals surface area contributed by atoms with Gasteiger partial charge in [-0.1, -0.05) is 25.1 Å². The van der Waals surface area contributed by atoms with Crippen LogP contribution in [0.15, 0.2) is 35.3 Å². The maximum Gasteiger partial charge on any atom is 0.251 e. The molecule has 1 aromatic rings. The normalized spacial score (nSPS) is 20.4. The lowest BCUT2D eigenvalue weighted by molar-refractivity contribution is 0.0953. The number of benzene rings is 1. The van der Waals surface area contributed by atoms with Gasteiger partial charge in [0.1, 0.15) is 0 Å². The van der Waals surface area contributed by atoms with Crippen LogP contribution in [0.4, 0.5) is 0 Å². The zero-order valence-electron chi connectivity index (χ0n) is 13.4. The van der Waals surface area contributed by atoms with Crippen molar-refractivity contribution in [2.45, 2.75) is 32.7 Å². The van der Waals surface area contributed by atoms with Gasteiger partial charge in [0.05, 0.1) is 0 Å². The quantitative estimate of drug-likeness (QED) is 0.408. The van der Waals surface area contributed by atoms with Crippen LogP contribution >= 0.6 is 0 Å². The van der Waals surface area contributed by atoms with Crippen molar-refractivity contribution < 1.29 is 4.79 Å². The summed E-state index contributed by atoms with van der Waals surface area (Å²) in [5.74, 6) is 1.60. The summed E-state index contributed by atoms with van der Waals surface area (Å²) in [5, 5.41) is 9.59. The van der Waals surface area contributed by atoms with E-state index in [2.05, 4.69) is 34.8 Å². The van der Waals surface area contributed by atoms with Crippen LogP contribution in [-0.4, -0.2) is 37.5 Å². The molecular weight excluding hydrogens is 276 g/mol. The molecule has 1 fully saturated rings. The number of hydrogen-bond donors (Lipinski definition) is 3. The smallest absolute Gasteiger partial charge is 0.251 e. The predicted octanol–water partition coefficient (Wildman–Crippen LogP) is 1.77. The van der Waals surface area contributed by atoms with Crippen LogP contribution in [0.25, 0.3) is 0 Å². The first-order valence-electron chi connectivity index (χ1n) is 8.08. The topological polar surface area (TPSA) is 65.5 Å². The van der Waals surface area contributed by atoms with Gasteiger partial charge in [0.25, 0.3) is 5.91 Å². The third-order valence-electron chi connectivity index (χ3n) is 3.70. The van der Waals surface area contributed by atoms with Crippen LogP contribution in [-0.2, 0) is 0 Å². The monoisotopic (exact) mass is 302 g/mol. The molecule has 1 aliphatic rings. The number of carbonyl (C=O) groups is 1. The van der Waals surface area contributed by atoms with Gasteiger partial charge < -0.3 is 16.0 Å². The third kappa shape index (κ3) is 5.39. The number of rotatable bonds is 7.